The van der Waals surface area contributed by atoms with Crippen LogP contribution in [0.15, 0.2) is 108 Å². The summed E-state index contributed by atoms with van der Waals surface area (Å²) in [5.74, 6) is 0.886. The number of aliphatic hydroxyl groups is 1. The van der Waals surface area contributed by atoms with Crippen LogP contribution in [0, 0.1) is 5.92 Å². The number of phenols is 1. The molecule has 2 bridgehead atoms. The van der Waals surface area contributed by atoms with Crippen LogP contribution in [-0.2, 0) is 26.3 Å². The van der Waals surface area contributed by atoms with E-state index in [1.54, 1.807) is 12.1 Å². The number of hydrogen-bond acceptors (Lipinski definition) is 10. The number of esters is 1. The van der Waals surface area contributed by atoms with Crippen molar-refractivity contribution in [1.82, 2.24) is 20.5 Å². The summed E-state index contributed by atoms with van der Waals surface area (Å²) in [4.78, 5) is 43.9. The fourth-order valence-corrected chi connectivity index (χ4v) is 9.53. The van der Waals surface area contributed by atoms with E-state index in [0.717, 1.165) is 93.3 Å². The lowest BCUT2D eigenvalue weighted by Crippen LogP contribution is -2.52. The molecule has 12 nitrogen and oxygen atoms in total. The summed E-state index contributed by atoms with van der Waals surface area (Å²) in [6.45, 7) is 4.53. The molecular formula is C50H58N4O8. The molecule has 9 rings (SSSR count). The Labute approximate surface area is 362 Å². The third-order valence-corrected chi connectivity index (χ3v) is 13.0. The second-order valence-electron chi connectivity index (χ2n) is 17.1. The molecular weight excluding hydrogens is 785 g/mol. The van der Waals surface area contributed by atoms with Gasteiger partial charge in [0.2, 0.25) is 5.56 Å². The number of phenolic OH excluding ortho intramolecular Hbond substituents is 1. The first-order valence-electron chi connectivity index (χ1n) is 22.2. The molecule has 3 aliphatic heterocycles. The van der Waals surface area contributed by atoms with Crippen LogP contribution in [0.25, 0.3) is 10.9 Å². The highest BCUT2D eigenvalue weighted by molar-refractivity contribution is 5.87. The number of nitrogens with zero attached hydrogens (tertiary/aromatic N) is 1. The minimum atomic E-state index is -0.837. The number of rotatable bonds is 17. The number of nitrogens with one attached hydrogen (secondary N) is 3. The molecule has 1 unspecified atom stereocenters. The zero-order chi connectivity index (χ0) is 42.9. The van der Waals surface area contributed by atoms with Crippen LogP contribution in [0.1, 0.15) is 97.8 Å². The number of amides is 1. The first-order chi connectivity index (χ1) is 30.3. The highest BCUT2D eigenvalue weighted by Crippen LogP contribution is 2.41. The normalized spacial score (nSPS) is 20.2. The van der Waals surface area contributed by atoms with Gasteiger partial charge in [0.25, 0.3) is 0 Å². The van der Waals surface area contributed by atoms with Crippen LogP contribution in [-0.4, -0.2) is 77.6 Å². The number of ether oxygens (including phenoxy) is 3. The molecule has 4 aromatic carbocycles. The SMILES string of the molecule is O=C(NC(c1ccccc1)c1cccc(OCc2ccc(C3(C(=O)OCCCCNC[C@@H](O)c4ccc(O)c5[nH]c(=O)ccc45)CCCCC3)cc2)c1)O[C@H]1CN2CCC1CC2. The third-order valence-electron chi connectivity index (χ3n) is 13.0. The van der Waals surface area contributed by atoms with E-state index < -0.39 is 23.7 Å². The molecule has 1 aliphatic carbocycles. The van der Waals surface area contributed by atoms with Crippen molar-refractivity contribution >= 4 is 23.0 Å². The Morgan fingerprint density at radius 1 is 0.871 bits per heavy atom. The Balaban J connectivity index is 0.826. The van der Waals surface area contributed by atoms with E-state index in [-0.39, 0.29) is 23.4 Å². The standard InChI is InChI=1S/C50H58N4O8/c55-42-20-18-40(41-19-21-45(57)52-47(41)42)43(56)31-51-26-7-8-29-60-48(58)50(24-5-2-6-25-50)38-16-14-34(15-17-38)33-61-39-13-9-12-37(30-39)46(36-10-3-1-4-11-36)53-49(59)62-44-32-54-27-22-35(44)23-28-54/h1,3-4,9-21,30,35,43-44,46,51,55-56H,2,5-8,22-29,31-33H2,(H,52,57)(H,53,59)/t43-,44+,46?/m1/s1. The summed E-state index contributed by atoms with van der Waals surface area (Å²) in [7, 11) is 0. The first-order valence-corrected chi connectivity index (χ1v) is 22.2. The number of carbonyl (C=O) groups is 2. The molecule has 1 amide bonds. The molecule has 1 saturated carbocycles. The molecule has 5 N–H and O–H groups in total. The highest BCUT2D eigenvalue weighted by Gasteiger charge is 2.42. The zero-order valence-corrected chi connectivity index (χ0v) is 35.2. The summed E-state index contributed by atoms with van der Waals surface area (Å²) in [5, 5.41) is 28.0. The van der Waals surface area contributed by atoms with Gasteiger partial charge in [-0.15, -0.1) is 0 Å². The maximum Gasteiger partial charge on any atom is 0.408 e. The average Bonchev–Trinajstić information content (AvgIpc) is 3.31. The number of H-pyrrole nitrogens is 1. The lowest BCUT2D eigenvalue weighted by atomic mass is 9.69. The van der Waals surface area contributed by atoms with Crippen LogP contribution < -0.4 is 20.9 Å². The third kappa shape index (κ3) is 10.2. The molecule has 0 radical (unpaired) electrons. The Morgan fingerprint density at radius 3 is 2.40 bits per heavy atom. The van der Waals surface area contributed by atoms with Gasteiger partial charge in [0.1, 0.15) is 24.2 Å². The number of pyridine rings is 1. The number of aromatic amines is 1. The maximum absolute atomic E-state index is 13.8. The van der Waals surface area contributed by atoms with E-state index >= 15 is 0 Å². The predicted octanol–water partition coefficient (Wildman–Crippen LogP) is 7.57. The quantitative estimate of drug-likeness (QED) is 0.0467. The minimum absolute atomic E-state index is 0.0465. The summed E-state index contributed by atoms with van der Waals surface area (Å²) in [6.07, 6.45) is 6.76. The number of fused-ring (bicyclic) bond motifs is 4. The van der Waals surface area contributed by atoms with Crippen LogP contribution >= 0.6 is 0 Å². The number of aromatic hydroxyl groups is 1. The number of piperidine rings is 3. The van der Waals surface area contributed by atoms with Crippen LogP contribution in [0.3, 0.4) is 0 Å². The summed E-state index contributed by atoms with van der Waals surface area (Å²) in [5.41, 5.74) is 3.70. The molecule has 4 fully saturated rings. The molecule has 4 aliphatic rings. The van der Waals surface area contributed by atoms with Crippen molar-refractivity contribution in [2.75, 3.05) is 39.3 Å². The minimum Gasteiger partial charge on any atom is -0.506 e. The summed E-state index contributed by atoms with van der Waals surface area (Å²) >= 11 is 0. The first kappa shape index (κ1) is 43.0. The van der Waals surface area contributed by atoms with Gasteiger partial charge in [0, 0.05) is 24.5 Å². The largest absolute Gasteiger partial charge is 0.506 e. The molecule has 4 heterocycles. The van der Waals surface area contributed by atoms with Crippen molar-refractivity contribution in [2.24, 2.45) is 5.92 Å². The smallest absolute Gasteiger partial charge is 0.408 e. The van der Waals surface area contributed by atoms with Gasteiger partial charge in [-0.05, 0) is 116 Å². The van der Waals surface area contributed by atoms with Gasteiger partial charge in [-0.2, -0.15) is 0 Å². The van der Waals surface area contributed by atoms with Crippen molar-refractivity contribution in [3.8, 4) is 11.5 Å². The Morgan fingerprint density at radius 2 is 1.65 bits per heavy atom. The fourth-order valence-electron chi connectivity index (χ4n) is 9.53. The number of aliphatic hydroxyl groups excluding tert-OH is 1. The van der Waals surface area contributed by atoms with Crippen LogP contribution in [0.5, 0.6) is 11.5 Å². The molecule has 0 spiro atoms. The van der Waals surface area contributed by atoms with Crippen molar-refractivity contribution in [3.05, 3.63) is 141 Å². The fraction of sp³-hybridized carbons (Fsp3) is 0.420. The van der Waals surface area contributed by atoms with E-state index in [9.17, 15) is 24.6 Å². The molecule has 3 atom stereocenters. The second-order valence-corrected chi connectivity index (χ2v) is 17.1. The number of aromatic nitrogens is 1. The van der Waals surface area contributed by atoms with Crippen LogP contribution in [0.2, 0.25) is 0 Å². The van der Waals surface area contributed by atoms with Gasteiger partial charge >= 0.3 is 12.1 Å². The molecule has 1 aromatic heterocycles. The van der Waals surface area contributed by atoms with E-state index in [4.69, 9.17) is 14.2 Å². The number of hydrogen-bond donors (Lipinski definition) is 5. The van der Waals surface area contributed by atoms with Crippen molar-refractivity contribution in [1.29, 1.82) is 0 Å². The molecule has 3 saturated heterocycles. The number of benzene rings is 4. The average molecular weight is 843 g/mol. The molecule has 5 aromatic rings. The topological polar surface area (TPSA) is 162 Å². The van der Waals surface area contributed by atoms with E-state index in [0.29, 0.717) is 60.9 Å². The zero-order valence-electron chi connectivity index (χ0n) is 35.2. The Hall–Kier alpha value is -5.69. The Bertz CT molecular complexity index is 2340. The van der Waals surface area contributed by atoms with Crippen molar-refractivity contribution in [2.45, 2.75) is 88.1 Å². The second kappa shape index (κ2) is 20.0. The van der Waals surface area contributed by atoms with Crippen molar-refractivity contribution < 1.29 is 34.0 Å². The highest BCUT2D eigenvalue weighted by atomic mass is 16.6. The van der Waals surface area contributed by atoms with Gasteiger partial charge in [0.15, 0.2) is 0 Å². The van der Waals surface area contributed by atoms with Crippen LogP contribution in [0.4, 0.5) is 4.79 Å². The maximum atomic E-state index is 13.8. The van der Waals surface area contributed by atoms with Gasteiger partial charge in [-0.1, -0.05) is 92.1 Å². The number of alkyl carbamates (subject to hydrolysis) is 1. The molecule has 12 heteroatoms. The van der Waals surface area contributed by atoms with E-state index in [1.807, 2.05) is 78.9 Å². The van der Waals surface area contributed by atoms with Gasteiger partial charge in [-0.25, -0.2) is 4.79 Å². The molecule has 62 heavy (non-hydrogen) atoms. The van der Waals surface area contributed by atoms with E-state index in [1.165, 1.54) is 12.1 Å². The van der Waals surface area contributed by atoms with Gasteiger partial charge in [-0.3, -0.25) is 14.5 Å². The summed E-state index contributed by atoms with van der Waals surface area (Å²) < 4.78 is 18.3. The van der Waals surface area contributed by atoms with Gasteiger partial charge < -0.3 is 40.0 Å². The van der Waals surface area contributed by atoms with Crippen molar-refractivity contribution in [3.63, 3.8) is 0 Å². The monoisotopic (exact) mass is 842 g/mol. The number of carbonyl (C=O) groups excluding carboxylic acids is 2. The Kier molecular flexibility index (Phi) is 13.9. The lowest BCUT2D eigenvalue weighted by molar-refractivity contribution is -0.152. The summed E-state index contributed by atoms with van der Waals surface area (Å²) in [6, 6.07) is 31.6. The molecule has 326 valence electrons. The van der Waals surface area contributed by atoms with E-state index in [2.05, 4.69) is 20.5 Å². The predicted molar refractivity (Wildman–Crippen MR) is 237 cm³/mol. The van der Waals surface area contributed by atoms with Gasteiger partial charge in [0.05, 0.1) is 29.7 Å². The number of unbranched alkanes of at least 4 members (excludes halogenated alkanes) is 1. The lowest BCUT2D eigenvalue weighted by Gasteiger charge is -2.43.